The summed E-state index contributed by atoms with van der Waals surface area (Å²) in [7, 11) is 0. The van der Waals surface area contributed by atoms with Gasteiger partial charge in [-0.3, -0.25) is 4.79 Å². The van der Waals surface area contributed by atoms with E-state index in [0.29, 0.717) is 29.2 Å². The summed E-state index contributed by atoms with van der Waals surface area (Å²) in [5.74, 6) is 1.53. The Balaban J connectivity index is 1.50. The molecule has 5 aliphatic rings. The number of rotatable bonds is 2. The Morgan fingerprint density at radius 1 is 0.889 bits per heavy atom. The van der Waals surface area contributed by atoms with E-state index in [1.807, 2.05) is 0 Å². The Labute approximate surface area is 219 Å². The number of fused-ring (bicyclic) bond motifs is 7. The van der Waals surface area contributed by atoms with E-state index in [1.165, 1.54) is 38.5 Å². The van der Waals surface area contributed by atoms with Gasteiger partial charge in [-0.15, -0.1) is 0 Å². The number of carbonyl (C=O) groups is 2. The fourth-order valence-electron chi connectivity index (χ4n) is 11.8. The van der Waals surface area contributed by atoms with Crippen molar-refractivity contribution in [1.29, 1.82) is 0 Å². The smallest absolute Gasteiger partial charge is 0.331 e. The summed E-state index contributed by atoms with van der Waals surface area (Å²) in [6, 6.07) is 0. The maximum Gasteiger partial charge on any atom is 0.331 e. The number of hydrogen-bond donors (Lipinski definition) is 1. The first-order chi connectivity index (χ1) is 16.6. The summed E-state index contributed by atoms with van der Waals surface area (Å²) >= 11 is 0. The van der Waals surface area contributed by atoms with Crippen LogP contribution in [-0.2, 0) is 14.3 Å². The Morgan fingerprint density at radius 3 is 2.22 bits per heavy atom. The normalized spacial score (nSPS) is 51.5. The Morgan fingerprint density at radius 2 is 1.58 bits per heavy atom. The van der Waals surface area contributed by atoms with E-state index < -0.39 is 5.97 Å². The Bertz CT molecular complexity index is 981. The molecule has 0 unspecified atom stereocenters. The van der Waals surface area contributed by atoms with Crippen LogP contribution in [0.5, 0.6) is 0 Å². The van der Waals surface area contributed by atoms with Crippen LogP contribution >= 0.6 is 0 Å². The molecule has 4 saturated carbocycles. The van der Waals surface area contributed by atoms with Crippen LogP contribution in [0.3, 0.4) is 0 Å². The molecule has 4 heteroatoms. The van der Waals surface area contributed by atoms with E-state index in [2.05, 4.69) is 54.5 Å². The highest BCUT2D eigenvalue weighted by Crippen LogP contribution is 2.76. The van der Waals surface area contributed by atoms with Crippen molar-refractivity contribution >= 4 is 11.9 Å². The lowest BCUT2D eigenvalue weighted by molar-refractivity contribution is -0.252. The molecule has 0 aliphatic heterocycles. The zero-order valence-electron chi connectivity index (χ0n) is 24.1. The maximum absolute atomic E-state index is 12.1. The van der Waals surface area contributed by atoms with Crippen LogP contribution in [0.2, 0.25) is 0 Å². The van der Waals surface area contributed by atoms with Crippen molar-refractivity contribution < 1.29 is 19.4 Å². The van der Waals surface area contributed by atoms with Gasteiger partial charge in [-0.2, -0.15) is 0 Å². The molecule has 0 bridgehead atoms. The molecule has 0 aromatic heterocycles. The van der Waals surface area contributed by atoms with Crippen molar-refractivity contribution in [2.75, 3.05) is 0 Å². The Hall–Kier alpha value is -1.32. The van der Waals surface area contributed by atoms with Gasteiger partial charge in [-0.25, -0.2) is 4.79 Å². The van der Waals surface area contributed by atoms with E-state index in [9.17, 15) is 14.7 Å². The second-order valence-corrected chi connectivity index (χ2v) is 15.3. The lowest BCUT2D eigenvalue weighted by Crippen LogP contribution is -2.67. The topological polar surface area (TPSA) is 63.6 Å². The first kappa shape index (κ1) is 26.3. The predicted molar refractivity (Wildman–Crippen MR) is 142 cm³/mol. The van der Waals surface area contributed by atoms with Gasteiger partial charge in [-0.1, -0.05) is 54.5 Å². The molecule has 5 rings (SSSR count). The second-order valence-electron chi connectivity index (χ2n) is 15.3. The summed E-state index contributed by atoms with van der Waals surface area (Å²) in [6.45, 7) is 18.7. The average molecular weight is 499 g/mol. The Kier molecular flexibility index (Phi) is 5.91. The molecule has 0 spiro atoms. The number of esters is 1. The molecular weight excluding hydrogens is 448 g/mol. The van der Waals surface area contributed by atoms with Crippen molar-refractivity contribution in [3.63, 3.8) is 0 Å². The third-order valence-electron chi connectivity index (χ3n) is 13.7. The van der Waals surface area contributed by atoms with Gasteiger partial charge in [0.05, 0.1) is 0 Å². The third-order valence-corrected chi connectivity index (χ3v) is 13.7. The van der Waals surface area contributed by atoms with Gasteiger partial charge in [0.1, 0.15) is 6.10 Å². The predicted octanol–water partition coefficient (Wildman–Crippen LogP) is 7.66. The molecule has 0 radical (unpaired) electrons. The van der Waals surface area contributed by atoms with Crippen LogP contribution in [0, 0.1) is 56.7 Å². The van der Waals surface area contributed by atoms with E-state index in [4.69, 9.17) is 4.74 Å². The molecule has 202 valence electrons. The molecule has 4 fully saturated rings. The first-order valence-electron chi connectivity index (χ1n) is 14.7. The van der Waals surface area contributed by atoms with Crippen LogP contribution in [0.25, 0.3) is 0 Å². The fraction of sp³-hybridized carbons (Fsp3) is 0.875. The van der Waals surface area contributed by atoms with Gasteiger partial charge in [0.25, 0.3) is 0 Å². The number of ether oxygens (including phenoxy) is 1. The standard InChI is InChI=1S/C32H50O4/c1-19-21(27(34)35)11-14-29(5)17-18-31(7)22(26(19)29)9-10-24-30(6)15-13-25(36-20(2)33)28(3,4)23(30)12-16-32(24,31)8/h11,19,22-26H,9-10,12-18H2,1-8H3,(H,34,35)/t19-,22-,23+,24-,25+,26-,29-,30+,31-,32-/m1/s1. The van der Waals surface area contributed by atoms with Crippen molar-refractivity contribution in [2.45, 2.75) is 119 Å². The van der Waals surface area contributed by atoms with E-state index in [-0.39, 0.29) is 45.1 Å². The molecule has 4 nitrogen and oxygen atoms in total. The number of carboxylic acid groups (broad SMARTS) is 1. The second kappa shape index (κ2) is 8.09. The summed E-state index contributed by atoms with van der Waals surface area (Å²) in [5.41, 5.74) is 1.62. The molecule has 5 aliphatic carbocycles. The summed E-state index contributed by atoms with van der Waals surface area (Å²) in [6.07, 6.45) is 12.5. The highest BCUT2D eigenvalue weighted by molar-refractivity contribution is 5.87. The molecule has 0 aromatic carbocycles. The number of hydrogen-bond acceptors (Lipinski definition) is 3. The van der Waals surface area contributed by atoms with Crippen molar-refractivity contribution in [1.82, 2.24) is 0 Å². The van der Waals surface area contributed by atoms with Crippen LogP contribution < -0.4 is 0 Å². The largest absolute Gasteiger partial charge is 0.478 e. The maximum atomic E-state index is 12.1. The number of carbonyl (C=O) groups excluding carboxylic acids is 1. The van der Waals surface area contributed by atoms with Gasteiger partial charge >= 0.3 is 11.9 Å². The number of aliphatic carboxylic acids is 1. The molecular formula is C32H50O4. The molecule has 10 atom stereocenters. The minimum Gasteiger partial charge on any atom is -0.478 e. The van der Waals surface area contributed by atoms with Crippen LogP contribution in [-0.4, -0.2) is 23.1 Å². The molecule has 0 aromatic rings. The van der Waals surface area contributed by atoms with Gasteiger partial charge in [0, 0.05) is 17.9 Å². The molecule has 0 saturated heterocycles. The lowest BCUT2D eigenvalue weighted by atomic mass is 9.31. The number of allylic oxidation sites excluding steroid dienone is 1. The van der Waals surface area contributed by atoms with Crippen LogP contribution in [0.4, 0.5) is 0 Å². The van der Waals surface area contributed by atoms with Crippen molar-refractivity contribution in [3.05, 3.63) is 11.6 Å². The SMILES string of the molecule is CC(=O)O[C@H]1CC[C@]2(C)[C@H]3CC[C@@H]4[C@H]5[C@H](C)C(C(=O)O)=CC[C@]5(C)CC[C@@]4(C)[C@]3(C)CC[C@H]2C1(C)C. The first-order valence-corrected chi connectivity index (χ1v) is 14.7. The minimum atomic E-state index is -0.712. The molecule has 0 amide bonds. The zero-order chi connectivity index (χ0) is 26.5. The van der Waals surface area contributed by atoms with Gasteiger partial charge in [0.15, 0.2) is 0 Å². The highest BCUT2D eigenvalue weighted by atomic mass is 16.5. The van der Waals surface area contributed by atoms with E-state index >= 15 is 0 Å². The molecule has 1 N–H and O–H groups in total. The van der Waals surface area contributed by atoms with Crippen molar-refractivity contribution in [3.8, 4) is 0 Å². The van der Waals surface area contributed by atoms with Gasteiger partial charge in [0.2, 0.25) is 0 Å². The highest BCUT2D eigenvalue weighted by Gasteiger charge is 2.70. The van der Waals surface area contributed by atoms with E-state index in [0.717, 1.165) is 19.3 Å². The van der Waals surface area contributed by atoms with Crippen LogP contribution in [0.1, 0.15) is 113 Å². The number of carboxylic acids is 1. The summed E-state index contributed by atoms with van der Waals surface area (Å²) in [5, 5.41) is 9.97. The average Bonchev–Trinajstić information content (AvgIpc) is 2.76. The fourth-order valence-corrected chi connectivity index (χ4v) is 11.8. The minimum absolute atomic E-state index is 0.0119. The zero-order valence-corrected chi connectivity index (χ0v) is 24.1. The van der Waals surface area contributed by atoms with Gasteiger partial charge in [-0.05, 0) is 109 Å². The lowest BCUT2D eigenvalue weighted by Gasteiger charge is -2.73. The van der Waals surface area contributed by atoms with Gasteiger partial charge < -0.3 is 9.84 Å². The molecule has 0 heterocycles. The third kappa shape index (κ3) is 3.30. The quantitative estimate of drug-likeness (QED) is 0.397. The monoisotopic (exact) mass is 498 g/mol. The molecule has 36 heavy (non-hydrogen) atoms. The van der Waals surface area contributed by atoms with Crippen molar-refractivity contribution in [2.24, 2.45) is 56.7 Å². The van der Waals surface area contributed by atoms with Crippen LogP contribution in [0.15, 0.2) is 11.6 Å². The van der Waals surface area contributed by atoms with E-state index in [1.54, 1.807) is 6.92 Å². The summed E-state index contributed by atoms with van der Waals surface area (Å²) < 4.78 is 5.89. The summed E-state index contributed by atoms with van der Waals surface area (Å²) in [4.78, 5) is 24.0.